The summed E-state index contributed by atoms with van der Waals surface area (Å²) in [5, 5.41) is 3.64. The highest BCUT2D eigenvalue weighted by molar-refractivity contribution is 5.49. The van der Waals surface area contributed by atoms with Crippen LogP contribution < -0.4 is 19.5 Å². The summed E-state index contributed by atoms with van der Waals surface area (Å²) in [6.07, 6.45) is 3.06. The fourth-order valence-electron chi connectivity index (χ4n) is 3.37. The summed E-state index contributed by atoms with van der Waals surface area (Å²) in [5.74, 6) is 2.52. The fourth-order valence-corrected chi connectivity index (χ4v) is 3.37. The maximum Gasteiger partial charge on any atom is 0.161 e. The minimum Gasteiger partial charge on any atom is -0.497 e. The predicted molar refractivity (Wildman–Crippen MR) is 95.3 cm³/mol. The Labute approximate surface area is 143 Å². The Bertz CT molecular complexity index is 699. The lowest BCUT2D eigenvalue weighted by atomic mass is 9.90. The van der Waals surface area contributed by atoms with E-state index in [1.807, 2.05) is 12.1 Å². The first kappa shape index (κ1) is 16.7. The van der Waals surface area contributed by atoms with Gasteiger partial charge < -0.3 is 19.5 Å². The molecule has 1 aliphatic heterocycles. The second-order valence-corrected chi connectivity index (χ2v) is 6.05. The molecule has 4 heteroatoms. The van der Waals surface area contributed by atoms with Crippen LogP contribution >= 0.6 is 0 Å². The molecule has 0 saturated heterocycles. The maximum atomic E-state index is 5.47. The summed E-state index contributed by atoms with van der Waals surface area (Å²) < 4.78 is 16.2. The van der Waals surface area contributed by atoms with Crippen molar-refractivity contribution in [3.8, 4) is 17.2 Å². The lowest BCUT2D eigenvalue weighted by molar-refractivity contribution is 0.351. The third kappa shape index (κ3) is 3.49. The lowest BCUT2D eigenvalue weighted by Crippen LogP contribution is -2.30. The number of fused-ring (bicyclic) bond motifs is 1. The van der Waals surface area contributed by atoms with Crippen molar-refractivity contribution in [2.45, 2.75) is 25.3 Å². The van der Waals surface area contributed by atoms with Crippen molar-refractivity contribution < 1.29 is 14.2 Å². The van der Waals surface area contributed by atoms with E-state index in [0.29, 0.717) is 6.04 Å². The molecule has 4 nitrogen and oxygen atoms in total. The van der Waals surface area contributed by atoms with E-state index in [2.05, 4.69) is 29.6 Å². The van der Waals surface area contributed by atoms with E-state index in [1.165, 1.54) is 16.7 Å². The van der Waals surface area contributed by atoms with E-state index in [0.717, 1.165) is 43.1 Å². The van der Waals surface area contributed by atoms with Crippen LogP contribution in [0.25, 0.3) is 0 Å². The van der Waals surface area contributed by atoms with Crippen molar-refractivity contribution in [3.05, 3.63) is 53.1 Å². The van der Waals surface area contributed by atoms with Gasteiger partial charge in [0.2, 0.25) is 0 Å². The molecule has 1 aliphatic rings. The summed E-state index contributed by atoms with van der Waals surface area (Å²) in [5.41, 5.74) is 3.97. The van der Waals surface area contributed by atoms with Gasteiger partial charge >= 0.3 is 0 Å². The SMILES string of the molecule is COc1cccc(CC[C@@H]2NCCc3cc(OC)c(OC)cc32)c1. The number of nitrogens with one attached hydrogen (secondary N) is 1. The Morgan fingerprint density at radius 1 is 1.00 bits per heavy atom. The van der Waals surface area contributed by atoms with E-state index in [-0.39, 0.29) is 0 Å². The zero-order chi connectivity index (χ0) is 16.9. The van der Waals surface area contributed by atoms with Crippen LogP contribution in [0.2, 0.25) is 0 Å². The summed E-state index contributed by atoms with van der Waals surface area (Å²) in [7, 11) is 5.08. The molecule has 2 aromatic rings. The van der Waals surface area contributed by atoms with Crippen LogP contribution in [0.1, 0.15) is 29.2 Å². The van der Waals surface area contributed by atoms with Gasteiger partial charge in [0.15, 0.2) is 11.5 Å². The third-order valence-corrected chi connectivity index (χ3v) is 4.66. The molecule has 1 N–H and O–H groups in total. The first-order valence-electron chi connectivity index (χ1n) is 8.36. The second kappa shape index (κ2) is 7.58. The number of benzene rings is 2. The zero-order valence-electron chi connectivity index (χ0n) is 14.6. The van der Waals surface area contributed by atoms with Crippen LogP contribution in [0.4, 0.5) is 0 Å². The largest absolute Gasteiger partial charge is 0.497 e. The summed E-state index contributed by atoms with van der Waals surface area (Å²) >= 11 is 0. The van der Waals surface area contributed by atoms with Crippen molar-refractivity contribution in [1.29, 1.82) is 0 Å². The molecule has 0 saturated carbocycles. The quantitative estimate of drug-likeness (QED) is 0.881. The normalized spacial score (nSPS) is 16.4. The average molecular weight is 327 g/mol. The molecule has 0 bridgehead atoms. The van der Waals surface area contributed by atoms with Gasteiger partial charge in [0.1, 0.15) is 5.75 Å². The minimum absolute atomic E-state index is 0.333. The monoisotopic (exact) mass is 327 g/mol. The topological polar surface area (TPSA) is 39.7 Å². The van der Waals surface area contributed by atoms with Crippen LogP contribution in [0.15, 0.2) is 36.4 Å². The standard InChI is InChI=1S/C20H25NO3/c1-22-16-6-4-5-14(11-16)7-8-18-17-13-20(24-3)19(23-2)12-15(17)9-10-21-18/h4-6,11-13,18,21H,7-10H2,1-3H3/t18-/m0/s1. The molecule has 0 unspecified atom stereocenters. The Hall–Kier alpha value is -2.20. The van der Waals surface area contributed by atoms with Crippen molar-refractivity contribution >= 4 is 0 Å². The van der Waals surface area contributed by atoms with Crippen molar-refractivity contribution in [3.63, 3.8) is 0 Å². The number of ether oxygens (including phenoxy) is 3. The maximum absolute atomic E-state index is 5.47. The molecule has 2 aromatic carbocycles. The van der Waals surface area contributed by atoms with Crippen LogP contribution in [0.3, 0.4) is 0 Å². The molecular formula is C20H25NO3. The van der Waals surface area contributed by atoms with E-state index >= 15 is 0 Å². The second-order valence-electron chi connectivity index (χ2n) is 6.05. The predicted octanol–water partition coefficient (Wildman–Crippen LogP) is 3.53. The van der Waals surface area contributed by atoms with Crippen LogP contribution in [-0.4, -0.2) is 27.9 Å². The van der Waals surface area contributed by atoms with Crippen molar-refractivity contribution in [2.75, 3.05) is 27.9 Å². The van der Waals surface area contributed by atoms with Gasteiger partial charge in [-0.25, -0.2) is 0 Å². The van der Waals surface area contributed by atoms with Gasteiger partial charge in [-0.3, -0.25) is 0 Å². The molecule has 128 valence electrons. The highest BCUT2D eigenvalue weighted by atomic mass is 16.5. The number of rotatable bonds is 6. The van der Waals surface area contributed by atoms with Crippen molar-refractivity contribution in [2.24, 2.45) is 0 Å². The Balaban J connectivity index is 1.78. The van der Waals surface area contributed by atoms with E-state index < -0.39 is 0 Å². The van der Waals surface area contributed by atoms with Gasteiger partial charge in [0.05, 0.1) is 21.3 Å². The van der Waals surface area contributed by atoms with Crippen LogP contribution in [0.5, 0.6) is 17.2 Å². The molecule has 0 spiro atoms. The van der Waals surface area contributed by atoms with Gasteiger partial charge in [0.25, 0.3) is 0 Å². The smallest absolute Gasteiger partial charge is 0.161 e. The van der Waals surface area contributed by atoms with Gasteiger partial charge in [-0.15, -0.1) is 0 Å². The van der Waals surface area contributed by atoms with Crippen molar-refractivity contribution in [1.82, 2.24) is 5.32 Å². The molecule has 0 fully saturated rings. The summed E-state index contributed by atoms with van der Waals surface area (Å²) in [6.45, 7) is 0.991. The molecule has 0 amide bonds. The molecular weight excluding hydrogens is 302 g/mol. The Morgan fingerprint density at radius 3 is 2.54 bits per heavy atom. The average Bonchev–Trinajstić information content (AvgIpc) is 2.65. The molecule has 1 heterocycles. The first-order chi connectivity index (χ1) is 11.7. The minimum atomic E-state index is 0.333. The molecule has 1 atom stereocenters. The van der Waals surface area contributed by atoms with Gasteiger partial charge in [0, 0.05) is 6.04 Å². The van der Waals surface area contributed by atoms with E-state index in [1.54, 1.807) is 21.3 Å². The highest BCUT2D eigenvalue weighted by Crippen LogP contribution is 2.36. The molecule has 3 rings (SSSR count). The Morgan fingerprint density at radius 2 is 1.79 bits per heavy atom. The van der Waals surface area contributed by atoms with Gasteiger partial charge in [-0.05, 0) is 66.8 Å². The first-order valence-corrected chi connectivity index (χ1v) is 8.36. The van der Waals surface area contributed by atoms with Gasteiger partial charge in [-0.2, -0.15) is 0 Å². The number of methoxy groups -OCH3 is 3. The molecule has 0 aromatic heterocycles. The number of hydrogen-bond donors (Lipinski definition) is 1. The highest BCUT2D eigenvalue weighted by Gasteiger charge is 2.22. The molecule has 24 heavy (non-hydrogen) atoms. The lowest BCUT2D eigenvalue weighted by Gasteiger charge is -2.28. The third-order valence-electron chi connectivity index (χ3n) is 4.66. The summed E-state index contributed by atoms with van der Waals surface area (Å²) in [4.78, 5) is 0. The zero-order valence-corrected chi connectivity index (χ0v) is 14.6. The van der Waals surface area contributed by atoms with Crippen LogP contribution in [0, 0.1) is 0 Å². The fraction of sp³-hybridized carbons (Fsp3) is 0.400. The summed E-state index contributed by atoms with van der Waals surface area (Å²) in [6, 6.07) is 12.9. The Kier molecular flexibility index (Phi) is 5.26. The number of aryl methyl sites for hydroxylation is 1. The van der Waals surface area contributed by atoms with E-state index in [9.17, 15) is 0 Å². The molecule has 0 aliphatic carbocycles. The number of hydrogen-bond acceptors (Lipinski definition) is 4. The van der Waals surface area contributed by atoms with Crippen LogP contribution in [-0.2, 0) is 12.8 Å². The van der Waals surface area contributed by atoms with E-state index in [4.69, 9.17) is 14.2 Å². The van der Waals surface area contributed by atoms with Gasteiger partial charge in [-0.1, -0.05) is 12.1 Å². The molecule has 0 radical (unpaired) electrons.